The molecule has 0 saturated carbocycles. The normalized spacial score (nSPS) is 28.5. The summed E-state index contributed by atoms with van der Waals surface area (Å²) < 4.78 is 5.78. The average Bonchev–Trinajstić information content (AvgIpc) is 2.89. The van der Waals surface area contributed by atoms with E-state index < -0.39 is 5.60 Å². The Bertz CT molecular complexity index is 452. The molecule has 1 rings (SSSR count). The van der Waals surface area contributed by atoms with Crippen molar-refractivity contribution in [2.45, 2.75) is 70.7 Å². The van der Waals surface area contributed by atoms with Gasteiger partial charge < -0.3 is 21.1 Å². The second-order valence-electron chi connectivity index (χ2n) is 6.52. The van der Waals surface area contributed by atoms with Gasteiger partial charge in [0.05, 0.1) is 17.7 Å². The van der Waals surface area contributed by atoms with E-state index in [0.29, 0.717) is 6.42 Å². The van der Waals surface area contributed by atoms with Crippen LogP contribution in [0.25, 0.3) is 0 Å². The molecular weight excluding hydrogens is 294 g/mol. The van der Waals surface area contributed by atoms with Crippen molar-refractivity contribution in [2.24, 2.45) is 11.7 Å². The lowest BCUT2D eigenvalue weighted by Crippen LogP contribution is -2.62. The molecule has 1 aliphatic heterocycles. The highest BCUT2D eigenvalue weighted by molar-refractivity contribution is 5.80. The van der Waals surface area contributed by atoms with Crippen molar-refractivity contribution in [3.63, 3.8) is 0 Å². The minimum absolute atomic E-state index is 0.107. The first-order valence-electron chi connectivity index (χ1n) is 8.29. The lowest BCUT2D eigenvalue weighted by molar-refractivity contribution is -0.123. The predicted molar refractivity (Wildman–Crippen MR) is 90.8 cm³/mol. The quantitative estimate of drug-likeness (QED) is 0.583. The van der Waals surface area contributed by atoms with Gasteiger partial charge in [0.25, 0.3) is 0 Å². The van der Waals surface area contributed by atoms with Crippen LogP contribution in [0, 0.1) is 5.92 Å². The smallest absolute Gasteiger partial charge is 0.234 e. The Hall–Kier alpha value is -1.40. The lowest BCUT2D eigenvalue weighted by atomic mass is 9.81. The fraction of sp³-hybridized carbons (Fsp3) is 0.765. The van der Waals surface area contributed by atoms with E-state index in [1.807, 2.05) is 19.9 Å². The van der Waals surface area contributed by atoms with Crippen LogP contribution >= 0.6 is 0 Å². The summed E-state index contributed by atoms with van der Waals surface area (Å²) in [4.78, 5) is 23.4. The van der Waals surface area contributed by atoms with E-state index in [2.05, 4.69) is 23.6 Å². The predicted octanol–water partition coefficient (Wildman–Crippen LogP) is 1.10. The summed E-state index contributed by atoms with van der Waals surface area (Å²) in [6.45, 7) is 7.53. The monoisotopic (exact) mass is 325 g/mol. The maximum absolute atomic E-state index is 11.8. The molecule has 6 nitrogen and oxygen atoms in total. The number of hydrogen-bond donors (Lipinski definition) is 3. The van der Waals surface area contributed by atoms with Gasteiger partial charge in [-0.05, 0) is 32.6 Å². The number of hydrogen-bond acceptors (Lipinski definition) is 4. The molecule has 0 aromatic heterocycles. The zero-order valence-electron chi connectivity index (χ0n) is 14.9. The van der Waals surface area contributed by atoms with E-state index in [0.717, 1.165) is 12.8 Å². The Morgan fingerprint density at radius 3 is 2.61 bits per heavy atom. The molecule has 0 bridgehead atoms. The minimum Gasteiger partial charge on any atom is -0.376 e. The molecule has 132 valence electrons. The van der Waals surface area contributed by atoms with Crippen LogP contribution in [0.1, 0.15) is 47.0 Å². The van der Waals surface area contributed by atoms with Gasteiger partial charge >= 0.3 is 0 Å². The first-order chi connectivity index (χ1) is 10.8. The van der Waals surface area contributed by atoms with Crippen molar-refractivity contribution in [2.75, 3.05) is 7.11 Å². The third kappa shape index (κ3) is 4.78. The number of methoxy groups -OCH3 is 1. The van der Waals surface area contributed by atoms with Crippen LogP contribution in [0.4, 0.5) is 0 Å². The van der Waals surface area contributed by atoms with E-state index in [4.69, 9.17) is 10.5 Å². The Balaban J connectivity index is 3.16. The number of primary amides is 1. The molecule has 0 spiro atoms. The van der Waals surface area contributed by atoms with E-state index in [1.54, 1.807) is 7.11 Å². The van der Waals surface area contributed by atoms with Crippen molar-refractivity contribution in [1.82, 2.24) is 10.6 Å². The van der Waals surface area contributed by atoms with E-state index in [9.17, 15) is 9.59 Å². The zero-order chi connectivity index (χ0) is 17.6. The molecule has 0 aliphatic carbocycles. The molecule has 5 atom stereocenters. The van der Waals surface area contributed by atoms with Gasteiger partial charge in [0.1, 0.15) is 0 Å². The second kappa shape index (κ2) is 8.45. The molecule has 1 heterocycles. The van der Waals surface area contributed by atoms with Gasteiger partial charge in [-0.1, -0.05) is 25.5 Å². The number of rotatable bonds is 8. The van der Waals surface area contributed by atoms with Gasteiger partial charge in [-0.3, -0.25) is 9.59 Å². The number of carbonyl (C=O) groups is 2. The molecule has 0 aromatic rings. The molecule has 1 saturated heterocycles. The molecule has 1 aliphatic rings. The van der Waals surface area contributed by atoms with E-state index in [1.165, 1.54) is 6.92 Å². The van der Waals surface area contributed by atoms with Crippen molar-refractivity contribution >= 4 is 11.8 Å². The highest BCUT2D eigenvalue weighted by Gasteiger charge is 2.47. The zero-order valence-corrected chi connectivity index (χ0v) is 14.9. The topological polar surface area (TPSA) is 93.5 Å². The number of ether oxygens (including phenoxy) is 1. The minimum atomic E-state index is -0.523. The van der Waals surface area contributed by atoms with Crippen LogP contribution in [0.15, 0.2) is 12.2 Å². The maximum Gasteiger partial charge on any atom is 0.234 e. The van der Waals surface area contributed by atoms with Gasteiger partial charge in [0.15, 0.2) is 0 Å². The Morgan fingerprint density at radius 1 is 1.52 bits per heavy atom. The second-order valence-corrected chi connectivity index (χ2v) is 6.52. The SMILES string of the molecule is CC=C[C@@H]1C[C@H](C(N)=O)N[C@H]1[C@@H](NC(C)=O)[C@](C)(CCC)OC. The summed E-state index contributed by atoms with van der Waals surface area (Å²) in [5, 5.41) is 6.34. The average molecular weight is 325 g/mol. The number of allylic oxidation sites excluding steroid dienone is 1. The molecule has 2 amide bonds. The molecular formula is C17H31N3O3. The van der Waals surface area contributed by atoms with Crippen LogP contribution in [0.3, 0.4) is 0 Å². The summed E-state index contributed by atoms with van der Waals surface area (Å²) in [5.41, 5.74) is 4.95. The largest absolute Gasteiger partial charge is 0.376 e. The van der Waals surface area contributed by atoms with Crippen LogP contribution in [-0.2, 0) is 14.3 Å². The Kier molecular flexibility index (Phi) is 7.22. The molecule has 6 heteroatoms. The third-order valence-corrected chi connectivity index (χ3v) is 4.73. The summed E-state index contributed by atoms with van der Waals surface area (Å²) in [5.74, 6) is -0.364. The summed E-state index contributed by atoms with van der Waals surface area (Å²) in [7, 11) is 1.66. The van der Waals surface area contributed by atoms with Crippen molar-refractivity contribution in [3.05, 3.63) is 12.2 Å². The summed E-state index contributed by atoms with van der Waals surface area (Å²) in [6.07, 6.45) is 6.40. The number of nitrogens with two attached hydrogens (primary N) is 1. The fourth-order valence-electron chi connectivity index (χ4n) is 3.55. The van der Waals surface area contributed by atoms with E-state index >= 15 is 0 Å². The van der Waals surface area contributed by atoms with Crippen LogP contribution in [-0.4, -0.2) is 42.7 Å². The van der Waals surface area contributed by atoms with E-state index in [-0.39, 0.29) is 35.9 Å². The molecule has 1 fully saturated rings. The maximum atomic E-state index is 11.8. The number of nitrogens with one attached hydrogen (secondary N) is 2. The van der Waals surface area contributed by atoms with Gasteiger partial charge in [-0.2, -0.15) is 0 Å². The third-order valence-electron chi connectivity index (χ3n) is 4.73. The standard InChI is InChI=1S/C17H31N3O3/c1-6-8-12-10-13(16(18)22)20-14(12)15(19-11(3)21)17(4,23-5)9-7-2/h6,8,12-15,20H,7,9-10H2,1-5H3,(H2,18,22)(H,19,21)/t12-,13-,14-,15-,17+/m1/s1. The van der Waals surface area contributed by atoms with Crippen LogP contribution < -0.4 is 16.4 Å². The van der Waals surface area contributed by atoms with Crippen LogP contribution in [0.2, 0.25) is 0 Å². The van der Waals surface area contributed by atoms with Crippen molar-refractivity contribution in [1.29, 1.82) is 0 Å². The van der Waals surface area contributed by atoms with Gasteiger partial charge in [0, 0.05) is 20.1 Å². The van der Waals surface area contributed by atoms with Gasteiger partial charge in [-0.25, -0.2) is 0 Å². The fourth-order valence-corrected chi connectivity index (χ4v) is 3.55. The first-order valence-corrected chi connectivity index (χ1v) is 8.29. The molecule has 0 aromatic carbocycles. The number of carbonyl (C=O) groups excluding carboxylic acids is 2. The number of amides is 2. The molecule has 4 N–H and O–H groups in total. The summed E-state index contributed by atoms with van der Waals surface area (Å²) in [6, 6.07) is -0.750. The highest BCUT2D eigenvalue weighted by atomic mass is 16.5. The van der Waals surface area contributed by atoms with Gasteiger partial charge in [0.2, 0.25) is 11.8 Å². The Labute approximate surface area is 139 Å². The lowest BCUT2D eigenvalue weighted by Gasteiger charge is -2.41. The molecule has 23 heavy (non-hydrogen) atoms. The first kappa shape index (κ1) is 19.6. The van der Waals surface area contributed by atoms with Crippen LogP contribution in [0.5, 0.6) is 0 Å². The Morgan fingerprint density at radius 2 is 2.17 bits per heavy atom. The molecule has 0 radical (unpaired) electrons. The van der Waals surface area contributed by atoms with Gasteiger partial charge in [-0.15, -0.1) is 0 Å². The summed E-state index contributed by atoms with van der Waals surface area (Å²) >= 11 is 0. The highest BCUT2D eigenvalue weighted by Crippen LogP contribution is 2.32. The van der Waals surface area contributed by atoms with Crippen molar-refractivity contribution in [3.8, 4) is 0 Å². The van der Waals surface area contributed by atoms with Crippen molar-refractivity contribution < 1.29 is 14.3 Å². The molecule has 0 unspecified atom stereocenters.